The van der Waals surface area contributed by atoms with E-state index in [9.17, 15) is 14.4 Å². The molecule has 0 bridgehead atoms. The van der Waals surface area contributed by atoms with Gasteiger partial charge in [-0.2, -0.15) is 0 Å². The third-order valence-electron chi connectivity index (χ3n) is 8.25. The van der Waals surface area contributed by atoms with Gasteiger partial charge in [-0.1, -0.05) is 61.9 Å². The summed E-state index contributed by atoms with van der Waals surface area (Å²) in [7, 11) is 0. The number of piperidine rings is 1. The molecular formula is C30H37N3O4. The molecule has 3 unspecified atom stereocenters. The Kier molecular flexibility index (Phi) is 8.07. The molecule has 2 aliphatic heterocycles. The van der Waals surface area contributed by atoms with Gasteiger partial charge in [-0.25, -0.2) is 0 Å². The van der Waals surface area contributed by atoms with E-state index in [0.717, 1.165) is 24.6 Å². The minimum Gasteiger partial charge on any atom is -0.368 e. The summed E-state index contributed by atoms with van der Waals surface area (Å²) < 4.78 is 6.23. The molecule has 0 aromatic heterocycles. The minimum atomic E-state index is -0.626. The average Bonchev–Trinajstić information content (AvgIpc) is 3.25. The van der Waals surface area contributed by atoms with Gasteiger partial charge in [-0.3, -0.25) is 24.6 Å². The first-order chi connectivity index (χ1) is 18.0. The largest absolute Gasteiger partial charge is 0.368 e. The Bertz CT molecular complexity index is 1120. The summed E-state index contributed by atoms with van der Waals surface area (Å²) in [5.74, 6) is -0.266. The Balaban J connectivity index is 1.15. The Morgan fingerprint density at radius 3 is 2.54 bits per heavy atom. The summed E-state index contributed by atoms with van der Waals surface area (Å²) in [6.45, 7) is 6.28. The maximum atomic E-state index is 13.0. The van der Waals surface area contributed by atoms with Crippen LogP contribution >= 0.6 is 0 Å². The molecule has 2 heterocycles. The van der Waals surface area contributed by atoms with Crippen molar-refractivity contribution in [3.63, 3.8) is 0 Å². The maximum Gasteiger partial charge on any atom is 0.259 e. The van der Waals surface area contributed by atoms with Crippen molar-refractivity contribution in [1.82, 2.24) is 15.1 Å². The molecule has 1 N–H and O–H groups in total. The molecule has 1 saturated carbocycles. The van der Waals surface area contributed by atoms with Crippen LogP contribution in [0.5, 0.6) is 0 Å². The Morgan fingerprint density at radius 1 is 1.05 bits per heavy atom. The molecule has 3 atom stereocenters. The van der Waals surface area contributed by atoms with E-state index in [0.29, 0.717) is 25.1 Å². The number of ether oxygens (including phenoxy) is 1. The van der Waals surface area contributed by atoms with E-state index in [1.54, 1.807) is 4.90 Å². The molecule has 37 heavy (non-hydrogen) atoms. The standard InChI is InChI=1S/C30H37N3O4/c1-2-32(17-21-7-4-3-5-8-21)18-22-11-13-23(14-12-22)20-37-27-10-6-9-24-25(27)19-33(30(24)36)26-15-16-28(34)31-29(26)35/h10-14,21,25-27H,2-5,7-8,15-20H2,1H3,(H,31,34,35). The molecule has 2 aliphatic carbocycles. The van der Waals surface area contributed by atoms with E-state index in [1.807, 2.05) is 6.08 Å². The highest BCUT2D eigenvalue weighted by molar-refractivity contribution is 6.04. The van der Waals surface area contributed by atoms with E-state index in [1.165, 1.54) is 44.2 Å². The molecule has 0 spiro atoms. The van der Waals surface area contributed by atoms with Crippen LogP contribution in [0.1, 0.15) is 63.0 Å². The molecular weight excluding hydrogens is 466 g/mol. The first kappa shape index (κ1) is 25.7. The highest BCUT2D eigenvalue weighted by atomic mass is 16.5. The minimum absolute atomic E-state index is 0.198. The quantitative estimate of drug-likeness (QED) is 0.412. The summed E-state index contributed by atoms with van der Waals surface area (Å²) in [6, 6.07) is 8.00. The fraction of sp³-hybridized carbons (Fsp3) is 0.567. The first-order valence-corrected chi connectivity index (χ1v) is 13.8. The Hall–Kier alpha value is -2.95. The van der Waals surface area contributed by atoms with Gasteiger partial charge < -0.3 is 9.64 Å². The van der Waals surface area contributed by atoms with Crippen LogP contribution in [0.4, 0.5) is 0 Å². The van der Waals surface area contributed by atoms with Gasteiger partial charge >= 0.3 is 0 Å². The van der Waals surface area contributed by atoms with Gasteiger partial charge in [-0.15, -0.1) is 0 Å². The van der Waals surface area contributed by atoms with Crippen molar-refractivity contribution < 1.29 is 19.1 Å². The fourth-order valence-electron chi connectivity index (χ4n) is 6.08. The molecule has 7 nitrogen and oxygen atoms in total. The molecule has 1 aromatic carbocycles. The van der Waals surface area contributed by atoms with Crippen LogP contribution in [-0.4, -0.2) is 59.3 Å². The van der Waals surface area contributed by atoms with Crippen molar-refractivity contribution in [3.8, 4) is 0 Å². The molecule has 1 aromatic rings. The smallest absolute Gasteiger partial charge is 0.259 e. The normalized spacial score (nSPS) is 26.0. The van der Waals surface area contributed by atoms with Crippen LogP contribution in [0.3, 0.4) is 0 Å². The van der Waals surface area contributed by atoms with Crippen LogP contribution in [0.2, 0.25) is 0 Å². The topological polar surface area (TPSA) is 79.0 Å². The monoisotopic (exact) mass is 503 g/mol. The van der Waals surface area contributed by atoms with Gasteiger partial charge in [0.05, 0.1) is 18.3 Å². The summed E-state index contributed by atoms with van der Waals surface area (Å²) in [6.07, 6.45) is 8.98. The van der Waals surface area contributed by atoms with Crippen LogP contribution in [0.15, 0.2) is 47.4 Å². The van der Waals surface area contributed by atoms with Crippen molar-refractivity contribution in [1.29, 1.82) is 0 Å². The number of imide groups is 1. The number of likely N-dealkylation sites (tertiary alicyclic amines) is 1. The lowest BCUT2D eigenvalue weighted by molar-refractivity contribution is -0.142. The second-order valence-corrected chi connectivity index (χ2v) is 10.8. The number of benzene rings is 1. The lowest BCUT2D eigenvalue weighted by Crippen LogP contribution is -2.53. The Labute approximate surface area is 219 Å². The highest BCUT2D eigenvalue weighted by Gasteiger charge is 2.46. The predicted octanol–water partition coefficient (Wildman–Crippen LogP) is 3.49. The van der Waals surface area contributed by atoms with E-state index >= 15 is 0 Å². The second-order valence-electron chi connectivity index (χ2n) is 10.8. The average molecular weight is 504 g/mol. The SMILES string of the molecule is CCN(Cc1ccc(COC2C=C=C=C3C(=O)N(C4CCC(=O)NC4=O)CC32)cc1)CC1CCCCC1. The zero-order valence-corrected chi connectivity index (χ0v) is 21.7. The molecule has 7 heteroatoms. The Morgan fingerprint density at radius 2 is 1.81 bits per heavy atom. The van der Waals surface area contributed by atoms with Gasteiger partial charge in [0.25, 0.3) is 5.91 Å². The number of carbonyl (C=O) groups is 3. The fourth-order valence-corrected chi connectivity index (χ4v) is 6.08. The number of amides is 3. The van der Waals surface area contributed by atoms with E-state index < -0.39 is 11.9 Å². The van der Waals surface area contributed by atoms with E-state index in [-0.39, 0.29) is 30.3 Å². The zero-order valence-electron chi connectivity index (χ0n) is 21.7. The number of hydrogen-bond acceptors (Lipinski definition) is 5. The summed E-state index contributed by atoms with van der Waals surface area (Å²) in [4.78, 5) is 41.0. The lowest BCUT2D eigenvalue weighted by Gasteiger charge is -2.29. The van der Waals surface area contributed by atoms with Crippen LogP contribution in [-0.2, 0) is 32.3 Å². The number of fused-ring (bicyclic) bond motifs is 1. The van der Waals surface area contributed by atoms with Crippen LogP contribution < -0.4 is 5.32 Å². The van der Waals surface area contributed by atoms with Gasteiger partial charge in [0.2, 0.25) is 11.8 Å². The summed E-state index contributed by atoms with van der Waals surface area (Å²) >= 11 is 0. The lowest BCUT2D eigenvalue weighted by atomic mass is 9.89. The molecule has 3 amide bonds. The number of nitrogens with one attached hydrogen (secondary N) is 1. The molecule has 4 aliphatic rings. The molecule has 0 radical (unpaired) electrons. The number of carbonyl (C=O) groups excluding carboxylic acids is 3. The van der Waals surface area contributed by atoms with Gasteiger partial charge in [-0.05, 0) is 48.9 Å². The molecule has 3 fully saturated rings. The number of rotatable bonds is 9. The molecule has 196 valence electrons. The molecule has 2 saturated heterocycles. The second kappa shape index (κ2) is 11.6. The predicted molar refractivity (Wildman–Crippen MR) is 139 cm³/mol. The van der Waals surface area contributed by atoms with Crippen molar-refractivity contribution in [3.05, 3.63) is 58.5 Å². The van der Waals surface area contributed by atoms with Crippen LogP contribution in [0, 0.1) is 11.8 Å². The molecule has 5 rings (SSSR count). The van der Waals surface area contributed by atoms with Gasteiger partial charge in [0.15, 0.2) is 0 Å². The van der Waals surface area contributed by atoms with Crippen molar-refractivity contribution in [2.24, 2.45) is 11.8 Å². The third kappa shape index (κ3) is 5.97. The van der Waals surface area contributed by atoms with E-state index in [4.69, 9.17) is 4.74 Å². The first-order valence-electron chi connectivity index (χ1n) is 13.8. The summed E-state index contributed by atoms with van der Waals surface area (Å²) in [5, 5.41) is 2.35. The van der Waals surface area contributed by atoms with E-state index in [2.05, 4.69) is 52.9 Å². The van der Waals surface area contributed by atoms with Crippen molar-refractivity contribution in [2.75, 3.05) is 19.6 Å². The van der Waals surface area contributed by atoms with Crippen molar-refractivity contribution in [2.45, 2.75) is 77.2 Å². The zero-order chi connectivity index (χ0) is 25.8. The maximum absolute atomic E-state index is 13.0. The van der Waals surface area contributed by atoms with Gasteiger partial charge in [0.1, 0.15) is 6.04 Å². The van der Waals surface area contributed by atoms with Crippen LogP contribution in [0.25, 0.3) is 0 Å². The van der Waals surface area contributed by atoms with Gasteiger partial charge in [0, 0.05) is 32.0 Å². The van der Waals surface area contributed by atoms with Crippen molar-refractivity contribution >= 4 is 17.7 Å². The highest BCUT2D eigenvalue weighted by Crippen LogP contribution is 2.33. The summed E-state index contributed by atoms with van der Waals surface area (Å²) in [5.41, 5.74) is 8.79. The third-order valence-corrected chi connectivity index (χ3v) is 8.25. The number of nitrogens with zero attached hydrogens (tertiary/aromatic N) is 2. The number of hydrogen-bond donors (Lipinski definition) is 1.